The van der Waals surface area contributed by atoms with E-state index < -0.39 is 0 Å². The smallest absolute Gasteiger partial charge is 0.00642 e. The normalized spacial score (nSPS) is 26.3. The van der Waals surface area contributed by atoms with Crippen molar-refractivity contribution in [1.82, 2.24) is 10.6 Å². The molecule has 0 aromatic heterocycles. The van der Waals surface area contributed by atoms with Gasteiger partial charge in [-0.25, -0.2) is 0 Å². The summed E-state index contributed by atoms with van der Waals surface area (Å²) in [4.78, 5) is 0. The zero-order valence-electron chi connectivity index (χ0n) is 13.4. The summed E-state index contributed by atoms with van der Waals surface area (Å²) in [6, 6.07) is 0.771. The number of hydrogen-bond acceptors (Lipinski definition) is 2. The molecule has 0 amide bonds. The van der Waals surface area contributed by atoms with E-state index in [2.05, 4.69) is 52.3 Å². The Labute approximate surface area is 114 Å². The quantitative estimate of drug-likeness (QED) is 0.785. The molecule has 2 heteroatoms. The molecule has 0 aliphatic heterocycles. The van der Waals surface area contributed by atoms with Crippen molar-refractivity contribution in [3.63, 3.8) is 0 Å². The molecule has 2 N–H and O–H groups in total. The Bertz CT molecular complexity index is 232. The van der Waals surface area contributed by atoms with Gasteiger partial charge in [0, 0.05) is 12.6 Å². The highest BCUT2D eigenvalue weighted by atomic mass is 14.9. The average Bonchev–Trinajstić information content (AvgIpc) is 2.28. The highest BCUT2D eigenvalue weighted by Crippen LogP contribution is 2.37. The first-order valence-corrected chi connectivity index (χ1v) is 7.64. The molecule has 1 aliphatic carbocycles. The van der Waals surface area contributed by atoms with E-state index in [9.17, 15) is 0 Å². The minimum atomic E-state index is 0.356. The molecule has 0 heterocycles. The van der Waals surface area contributed by atoms with E-state index >= 15 is 0 Å². The molecule has 1 fully saturated rings. The highest BCUT2D eigenvalue weighted by Gasteiger charge is 2.32. The lowest BCUT2D eigenvalue weighted by molar-refractivity contribution is 0.126. The Balaban J connectivity index is 2.23. The van der Waals surface area contributed by atoms with Gasteiger partial charge in [0.05, 0.1) is 0 Å². The molecule has 1 aliphatic rings. The molecule has 18 heavy (non-hydrogen) atoms. The van der Waals surface area contributed by atoms with E-state index in [0.717, 1.165) is 18.5 Å². The minimum Gasteiger partial charge on any atom is -0.317 e. The summed E-state index contributed by atoms with van der Waals surface area (Å²) in [5, 5.41) is 7.12. The second kappa shape index (κ2) is 6.38. The summed E-state index contributed by atoms with van der Waals surface area (Å²) in [5.74, 6) is 0.894. The van der Waals surface area contributed by atoms with Gasteiger partial charge in [-0.05, 0) is 56.0 Å². The van der Waals surface area contributed by atoms with Gasteiger partial charge in [0.15, 0.2) is 0 Å². The zero-order chi connectivity index (χ0) is 13.8. The number of hydrogen-bond donors (Lipinski definition) is 2. The molecule has 0 aromatic carbocycles. The summed E-state index contributed by atoms with van der Waals surface area (Å²) in [6.45, 7) is 14.1. The van der Waals surface area contributed by atoms with Gasteiger partial charge in [0.2, 0.25) is 0 Å². The van der Waals surface area contributed by atoms with Crippen LogP contribution in [-0.4, -0.2) is 26.2 Å². The third-order valence-corrected chi connectivity index (χ3v) is 5.29. The third-order valence-electron chi connectivity index (χ3n) is 5.29. The largest absolute Gasteiger partial charge is 0.317 e. The fraction of sp³-hybridized carbons (Fsp3) is 1.00. The predicted molar refractivity (Wildman–Crippen MR) is 80.9 cm³/mol. The highest BCUT2D eigenvalue weighted by molar-refractivity contribution is 4.85. The first kappa shape index (κ1) is 16.0. The van der Waals surface area contributed by atoms with Crippen LogP contribution in [0.4, 0.5) is 0 Å². The fourth-order valence-electron chi connectivity index (χ4n) is 2.51. The van der Waals surface area contributed by atoms with E-state index in [0.29, 0.717) is 10.8 Å². The van der Waals surface area contributed by atoms with Crippen molar-refractivity contribution in [3.05, 3.63) is 0 Å². The third kappa shape index (κ3) is 4.55. The molecule has 0 bridgehead atoms. The van der Waals surface area contributed by atoms with Crippen molar-refractivity contribution in [3.8, 4) is 0 Å². The van der Waals surface area contributed by atoms with Gasteiger partial charge in [-0.1, -0.05) is 34.6 Å². The Hall–Kier alpha value is -0.0800. The molecule has 0 radical (unpaired) electrons. The molecule has 0 spiro atoms. The second-order valence-electron chi connectivity index (χ2n) is 7.77. The number of nitrogens with one attached hydrogen (secondary N) is 2. The van der Waals surface area contributed by atoms with Gasteiger partial charge in [-0.2, -0.15) is 0 Å². The maximum atomic E-state index is 3.71. The van der Waals surface area contributed by atoms with Crippen LogP contribution in [0.3, 0.4) is 0 Å². The van der Waals surface area contributed by atoms with Crippen LogP contribution in [0.15, 0.2) is 0 Å². The van der Waals surface area contributed by atoms with E-state index in [1.165, 1.54) is 32.2 Å². The summed E-state index contributed by atoms with van der Waals surface area (Å²) in [7, 11) is 2.09. The monoisotopic (exact) mass is 254 g/mol. The molecular formula is C16H34N2. The zero-order valence-corrected chi connectivity index (χ0v) is 13.4. The molecule has 1 rings (SSSR count). The van der Waals surface area contributed by atoms with Gasteiger partial charge >= 0.3 is 0 Å². The first-order valence-electron chi connectivity index (χ1n) is 7.64. The van der Waals surface area contributed by atoms with Crippen molar-refractivity contribution in [2.45, 2.75) is 66.3 Å². The molecule has 0 unspecified atom stereocenters. The van der Waals surface area contributed by atoms with E-state index in [4.69, 9.17) is 0 Å². The van der Waals surface area contributed by atoms with Gasteiger partial charge < -0.3 is 10.6 Å². The minimum absolute atomic E-state index is 0.356. The standard InChI is InChI=1S/C16H34N2/c1-15(2,3)16(4,5)12-18-11-13-7-9-14(17-6)10-8-13/h13-14,17-18H,7-12H2,1-6H3. The van der Waals surface area contributed by atoms with Gasteiger partial charge in [0.25, 0.3) is 0 Å². The van der Waals surface area contributed by atoms with Crippen LogP contribution in [0.2, 0.25) is 0 Å². The SMILES string of the molecule is CNC1CCC(CNCC(C)(C)C(C)(C)C)CC1. The lowest BCUT2D eigenvalue weighted by atomic mass is 9.69. The fourth-order valence-corrected chi connectivity index (χ4v) is 2.51. The van der Waals surface area contributed by atoms with Gasteiger partial charge in [0.1, 0.15) is 0 Å². The van der Waals surface area contributed by atoms with Crippen molar-refractivity contribution in [2.75, 3.05) is 20.1 Å². The first-order chi connectivity index (χ1) is 8.26. The Morgan fingerprint density at radius 3 is 1.94 bits per heavy atom. The average molecular weight is 254 g/mol. The van der Waals surface area contributed by atoms with Crippen molar-refractivity contribution in [1.29, 1.82) is 0 Å². The van der Waals surface area contributed by atoms with Crippen LogP contribution in [0.1, 0.15) is 60.3 Å². The van der Waals surface area contributed by atoms with E-state index in [1.54, 1.807) is 0 Å². The second-order valence-corrected chi connectivity index (χ2v) is 7.77. The lowest BCUT2D eigenvalue weighted by Crippen LogP contribution is -2.41. The van der Waals surface area contributed by atoms with Crippen molar-refractivity contribution in [2.24, 2.45) is 16.7 Å². The summed E-state index contributed by atoms with van der Waals surface area (Å²) in [6.07, 6.45) is 5.47. The molecular weight excluding hydrogens is 220 g/mol. The van der Waals surface area contributed by atoms with Crippen LogP contribution in [0.25, 0.3) is 0 Å². The lowest BCUT2D eigenvalue weighted by Gasteiger charge is -2.39. The molecule has 108 valence electrons. The van der Waals surface area contributed by atoms with Crippen LogP contribution in [0.5, 0.6) is 0 Å². The molecule has 2 nitrogen and oxygen atoms in total. The van der Waals surface area contributed by atoms with Crippen molar-refractivity contribution >= 4 is 0 Å². The Morgan fingerprint density at radius 1 is 0.944 bits per heavy atom. The summed E-state index contributed by atoms with van der Waals surface area (Å²) >= 11 is 0. The molecule has 1 saturated carbocycles. The molecule has 0 atom stereocenters. The predicted octanol–water partition coefficient (Wildman–Crippen LogP) is 3.43. The van der Waals surface area contributed by atoms with Crippen LogP contribution >= 0.6 is 0 Å². The van der Waals surface area contributed by atoms with Crippen LogP contribution in [-0.2, 0) is 0 Å². The van der Waals surface area contributed by atoms with Gasteiger partial charge in [-0.15, -0.1) is 0 Å². The van der Waals surface area contributed by atoms with Crippen molar-refractivity contribution < 1.29 is 0 Å². The van der Waals surface area contributed by atoms with Crippen LogP contribution < -0.4 is 10.6 Å². The maximum Gasteiger partial charge on any atom is 0.00642 e. The van der Waals surface area contributed by atoms with E-state index in [-0.39, 0.29) is 0 Å². The molecule has 0 saturated heterocycles. The molecule has 0 aromatic rings. The summed E-state index contributed by atoms with van der Waals surface area (Å²) < 4.78 is 0. The Morgan fingerprint density at radius 2 is 1.50 bits per heavy atom. The maximum absolute atomic E-state index is 3.71. The van der Waals surface area contributed by atoms with E-state index in [1.807, 2.05) is 0 Å². The van der Waals surface area contributed by atoms with Crippen LogP contribution in [0, 0.1) is 16.7 Å². The Kier molecular flexibility index (Phi) is 5.67. The summed E-state index contributed by atoms with van der Waals surface area (Å²) in [5.41, 5.74) is 0.721. The topological polar surface area (TPSA) is 24.1 Å². The number of rotatable bonds is 5. The van der Waals surface area contributed by atoms with Gasteiger partial charge in [-0.3, -0.25) is 0 Å².